The lowest BCUT2D eigenvalue weighted by molar-refractivity contribution is 0.607. The second kappa shape index (κ2) is 4.00. The van der Waals surface area contributed by atoms with Crippen LogP contribution in [0.4, 0.5) is 0 Å². The van der Waals surface area contributed by atoms with E-state index in [4.69, 9.17) is 17.3 Å². The fourth-order valence-corrected chi connectivity index (χ4v) is 1.37. The van der Waals surface area contributed by atoms with Crippen molar-refractivity contribution in [3.05, 3.63) is 29.1 Å². The molecule has 80 valence electrons. The van der Waals surface area contributed by atoms with Crippen LogP contribution in [0.25, 0.3) is 0 Å². The summed E-state index contributed by atoms with van der Waals surface area (Å²) in [5, 5.41) is 8.41. The number of hydrogen-bond acceptors (Lipinski definition) is 4. The summed E-state index contributed by atoms with van der Waals surface area (Å²) in [4.78, 5) is 4.16. The maximum atomic E-state index is 5.86. The van der Waals surface area contributed by atoms with Crippen molar-refractivity contribution in [1.29, 1.82) is 0 Å². The summed E-state index contributed by atoms with van der Waals surface area (Å²) >= 11 is 5.86. The number of aromatic nitrogens is 5. The van der Waals surface area contributed by atoms with Gasteiger partial charge in [0, 0.05) is 13.6 Å². The molecule has 2 aromatic heterocycles. The van der Waals surface area contributed by atoms with Crippen LogP contribution in [0, 0.1) is 0 Å². The Morgan fingerprint density at radius 3 is 2.87 bits per heavy atom. The van der Waals surface area contributed by atoms with Gasteiger partial charge in [-0.1, -0.05) is 16.8 Å². The molecule has 6 nitrogen and oxygen atoms in total. The van der Waals surface area contributed by atoms with E-state index >= 15 is 0 Å². The largest absolute Gasteiger partial charge is 0.325 e. The molecule has 0 amide bonds. The number of hydrogen-bond donors (Lipinski definition) is 1. The van der Waals surface area contributed by atoms with E-state index in [0.717, 1.165) is 11.5 Å². The third-order valence-corrected chi connectivity index (χ3v) is 2.48. The minimum absolute atomic E-state index is 0.390. The molecule has 2 heterocycles. The molecule has 2 N–H and O–H groups in total. The summed E-state index contributed by atoms with van der Waals surface area (Å²) in [6, 6.07) is 0. The van der Waals surface area contributed by atoms with Gasteiger partial charge in [0.15, 0.2) is 0 Å². The molecule has 0 fully saturated rings. The molecule has 0 radical (unpaired) electrons. The van der Waals surface area contributed by atoms with E-state index in [1.807, 2.05) is 7.05 Å². The van der Waals surface area contributed by atoms with Gasteiger partial charge in [0.05, 0.1) is 18.1 Å². The molecule has 0 aliphatic heterocycles. The van der Waals surface area contributed by atoms with Crippen LogP contribution in [0.5, 0.6) is 0 Å². The highest BCUT2D eigenvalue weighted by atomic mass is 35.5. The molecule has 15 heavy (non-hydrogen) atoms. The van der Waals surface area contributed by atoms with Gasteiger partial charge < -0.3 is 10.3 Å². The molecule has 0 spiro atoms. The molecular weight excluding hydrogens is 216 g/mol. The maximum absolute atomic E-state index is 5.86. The Morgan fingerprint density at radius 1 is 1.53 bits per heavy atom. The Hall–Kier alpha value is -1.40. The van der Waals surface area contributed by atoms with Crippen LogP contribution in [0.3, 0.4) is 0 Å². The van der Waals surface area contributed by atoms with Crippen LogP contribution in [-0.2, 0) is 20.1 Å². The second-order valence-electron chi connectivity index (χ2n) is 3.17. The van der Waals surface area contributed by atoms with E-state index in [1.165, 1.54) is 0 Å². The maximum Gasteiger partial charge on any atom is 0.131 e. The average molecular weight is 227 g/mol. The van der Waals surface area contributed by atoms with E-state index in [0.29, 0.717) is 18.2 Å². The molecule has 0 aromatic carbocycles. The smallest absolute Gasteiger partial charge is 0.131 e. The van der Waals surface area contributed by atoms with Gasteiger partial charge in [-0.05, 0) is 0 Å². The van der Waals surface area contributed by atoms with Crippen molar-refractivity contribution in [1.82, 2.24) is 24.5 Å². The fraction of sp³-hybridized carbons (Fsp3) is 0.375. The molecule has 0 atom stereocenters. The fourth-order valence-electron chi connectivity index (χ4n) is 1.23. The van der Waals surface area contributed by atoms with Crippen LogP contribution in [0.1, 0.15) is 11.5 Å². The zero-order valence-corrected chi connectivity index (χ0v) is 9.02. The third-order valence-electron chi connectivity index (χ3n) is 2.13. The lowest BCUT2D eigenvalue weighted by Crippen LogP contribution is -2.06. The van der Waals surface area contributed by atoms with Crippen molar-refractivity contribution in [2.24, 2.45) is 12.8 Å². The summed E-state index contributed by atoms with van der Waals surface area (Å²) in [6.45, 7) is 0.928. The quantitative estimate of drug-likeness (QED) is 0.810. The number of nitrogens with two attached hydrogens (primary N) is 1. The van der Waals surface area contributed by atoms with Gasteiger partial charge in [-0.2, -0.15) is 0 Å². The highest BCUT2D eigenvalue weighted by Crippen LogP contribution is 2.09. The summed E-state index contributed by atoms with van der Waals surface area (Å²) in [7, 11) is 1.85. The Kier molecular flexibility index (Phi) is 2.70. The summed E-state index contributed by atoms with van der Waals surface area (Å²) in [5.41, 5.74) is 6.19. The molecule has 7 heteroatoms. The Bertz CT molecular complexity index is 459. The highest BCUT2D eigenvalue weighted by Gasteiger charge is 2.06. The minimum Gasteiger partial charge on any atom is -0.325 e. The van der Waals surface area contributed by atoms with Crippen LogP contribution >= 0.6 is 11.6 Å². The molecule has 0 aliphatic carbocycles. The van der Waals surface area contributed by atoms with E-state index in [1.54, 1.807) is 21.6 Å². The summed E-state index contributed by atoms with van der Waals surface area (Å²) in [5.74, 6) is 0.827. The average Bonchev–Trinajstić information content (AvgIpc) is 2.80. The predicted octanol–water partition coefficient (Wildman–Crippen LogP) is 0.172. The standard InChI is InChI=1S/C8H11ClN6/c1-14-7(9)3-11-8(14)5-15-4-6(2-10)12-13-15/h3-4H,2,5,10H2,1H3. The Morgan fingerprint density at radius 2 is 2.33 bits per heavy atom. The van der Waals surface area contributed by atoms with Gasteiger partial charge in [-0.15, -0.1) is 5.10 Å². The van der Waals surface area contributed by atoms with E-state index in [2.05, 4.69) is 15.3 Å². The van der Waals surface area contributed by atoms with Crippen molar-refractivity contribution >= 4 is 11.6 Å². The lowest BCUT2D eigenvalue weighted by atomic mass is 10.5. The molecular formula is C8H11ClN6. The van der Waals surface area contributed by atoms with Crippen molar-refractivity contribution in [3.8, 4) is 0 Å². The lowest BCUT2D eigenvalue weighted by Gasteiger charge is -2.01. The zero-order valence-electron chi connectivity index (χ0n) is 8.26. The normalized spacial score (nSPS) is 10.9. The zero-order chi connectivity index (χ0) is 10.8. The summed E-state index contributed by atoms with van der Waals surface area (Å²) in [6.07, 6.45) is 3.40. The topological polar surface area (TPSA) is 74.5 Å². The first kappa shape index (κ1) is 10.1. The number of halogens is 1. The molecule has 0 aliphatic rings. The van der Waals surface area contributed by atoms with E-state index < -0.39 is 0 Å². The SMILES string of the molecule is Cn1c(Cl)cnc1Cn1cc(CN)nn1. The van der Waals surface area contributed by atoms with Crippen molar-refractivity contribution in [2.75, 3.05) is 0 Å². The Labute approximate surface area is 91.7 Å². The minimum atomic E-state index is 0.390. The first-order valence-corrected chi connectivity index (χ1v) is 4.83. The first-order valence-electron chi connectivity index (χ1n) is 4.46. The van der Waals surface area contributed by atoms with Gasteiger partial charge in [0.1, 0.15) is 17.5 Å². The van der Waals surface area contributed by atoms with E-state index in [-0.39, 0.29) is 0 Å². The van der Waals surface area contributed by atoms with Crippen LogP contribution in [-0.4, -0.2) is 24.5 Å². The third kappa shape index (κ3) is 2.00. The van der Waals surface area contributed by atoms with Gasteiger partial charge in [-0.25, -0.2) is 9.67 Å². The molecule has 2 rings (SSSR count). The molecule has 2 aromatic rings. The molecule has 0 bridgehead atoms. The Balaban J connectivity index is 2.18. The first-order chi connectivity index (χ1) is 7.20. The van der Waals surface area contributed by atoms with Crippen molar-refractivity contribution in [2.45, 2.75) is 13.1 Å². The van der Waals surface area contributed by atoms with Crippen LogP contribution in [0.2, 0.25) is 5.15 Å². The molecule has 0 saturated carbocycles. The van der Waals surface area contributed by atoms with Gasteiger partial charge in [0.25, 0.3) is 0 Å². The highest BCUT2D eigenvalue weighted by molar-refractivity contribution is 6.29. The monoisotopic (exact) mass is 226 g/mol. The predicted molar refractivity (Wildman–Crippen MR) is 55.2 cm³/mol. The molecule has 0 unspecified atom stereocenters. The molecule has 0 saturated heterocycles. The van der Waals surface area contributed by atoms with E-state index in [9.17, 15) is 0 Å². The van der Waals surface area contributed by atoms with Crippen LogP contribution < -0.4 is 5.73 Å². The number of nitrogens with zero attached hydrogens (tertiary/aromatic N) is 5. The number of imidazole rings is 1. The van der Waals surface area contributed by atoms with Gasteiger partial charge in [-0.3, -0.25) is 0 Å². The van der Waals surface area contributed by atoms with Crippen LogP contribution in [0.15, 0.2) is 12.4 Å². The van der Waals surface area contributed by atoms with Gasteiger partial charge >= 0.3 is 0 Å². The van der Waals surface area contributed by atoms with Crippen molar-refractivity contribution in [3.63, 3.8) is 0 Å². The van der Waals surface area contributed by atoms with Crippen molar-refractivity contribution < 1.29 is 0 Å². The van der Waals surface area contributed by atoms with Gasteiger partial charge in [0.2, 0.25) is 0 Å². The summed E-state index contributed by atoms with van der Waals surface area (Å²) < 4.78 is 3.48. The second-order valence-corrected chi connectivity index (χ2v) is 3.55. The number of rotatable bonds is 3.